The molecule has 0 radical (unpaired) electrons. The second-order valence-electron chi connectivity index (χ2n) is 6.94. The van der Waals surface area contributed by atoms with Crippen molar-refractivity contribution in [2.45, 2.75) is 37.3 Å². The van der Waals surface area contributed by atoms with E-state index in [1.54, 1.807) is 6.07 Å². The molecule has 3 aliphatic heterocycles. The molecule has 1 aromatic rings. The van der Waals surface area contributed by atoms with Crippen molar-refractivity contribution in [3.05, 3.63) is 28.5 Å². The van der Waals surface area contributed by atoms with Crippen molar-refractivity contribution in [2.24, 2.45) is 11.1 Å². The lowest BCUT2D eigenvalue weighted by molar-refractivity contribution is 0.00442. The van der Waals surface area contributed by atoms with Crippen molar-refractivity contribution >= 4 is 17.4 Å². The first-order valence-corrected chi connectivity index (χ1v) is 8.74. The van der Waals surface area contributed by atoms with Crippen LogP contribution in [0.2, 0.25) is 5.02 Å². The number of nitrogens with one attached hydrogen (secondary N) is 1. The molecule has 1 atom stereocenters. The summed E-state index contributed by atoms with van der Waals surface area (Å²) >= 11 is 5.95. The number of hydrogen-bond donors (Lipinski definition) is 2. The van der Waals surface area contributed by atoms with Crippen LogP contribution in [0.1, 0.15) is 31.2 Å². The van der Waals surface area contributed by atoms with Crippen LogP contribution in [0.15, 0.2) is 17.3 Å². The van der Waals surface area contributed by atoms with Gasteiger partial charge in [0.1, 0.15) is 0 Å². The molecular weight excluding hydrogens is 333 g/mol. The van der Waals surface area contributed by atoms with Gasteiger partial charge in [-0.25, -0.2) is 4.39 Å². The molecule has 7 heteroatoms. The highest BCUT2D eigenvalue weighted by Crippen LogP contribution is 2.53. The van der Waals surface area contributed by atoms with Crippen LogP contribution in [-0.4, -0.2) is 47.7 Å². The lowest BCUT2D eigenvalue weighted by atomic mass is 9.76. The molecule has 5 nitrogen and oxygen atoms in total. The van der Waals surface area contributed by atoms with Crippen LogP contribution in [-0.2, 0) is 0 Å². The highest BCUT2D eigenvalue weighted by atomic mass is 35.5. The molecule has 24 heavy (non-hydrogen) atoms. The summed E-state index contributed by atoms with van der Waals surface area (Å²) in [6.07, 6.45) is 4.55. The number of amidine groups is 1. The Hall–Kier alpha value is -1.53. The molecule has 0 aromatic heterocycles. The Morgan fingerprint density at radius 1 is 1.42 bits per heavy atom. The third-order valence-electron chi connectivity index (χ3n) is 5.88. The molecule has 1 aliphatic carbocycles. The molecule has 5 rings (SSSR count). The molecule has 4 aliphatic rings. The third kappa shape index (κ3) is 2.27. The molecule has 3 heterocycles. The van der Waals surface area contributed by atoms with Crippen LogP contribution in [0.3, 0.4) is 0 Å². The maximum absolute atomic E-state index is 14.7. The Morgan fingerprint density at radius 3 is 2.71 bits per heavy atom. The van der Waals surface area contributed by atoms with Gasteiger partial charge in [0.05, 0.1) is 17.7 Å². The van der Waals surface area contributed by atoms with E-state index < -0.39 is 5.82 Å². The van der Waals surface area contributed by atoms with Crippen molar-refractivity contribution in [3.8, 4) is 5.75 Å². The Kier molecular flexibility index (Phi) is 3.84. The zero-order chi connectivity index (χ0) is 16.9. The van der Waals surface area contributed by atoms with Gasteiger partial charge in [-0.2, -0.15) is 0 Å². The molecule has 1 saturated carbocycles. The van der Waals surface area contributed by atoms with Gasteiger partial charge >= 0.3 is 0 Å². The van der Waals surface area contributed by atoms with E-state index in [4.69, 9.17) is 16.3 Å². The lowest BCUT2D eigenvalue weighted by Gasteiger charge is -2.52. The summed E-state index contributed by atoms with van der Waals surface area (Å²) in [6, 6.07) is 3.25. The predicted octanol–water partition coefficient (Wildman–Crippen LogP) is 2.84. The Morgan fingerprint density at radius 2 is 2.12 bits per heavy atom. The summed E-state index contributed by atoms with van der Waals surface area (Å²) < 4.78 is 19.7. The molecule has 3 saturated heterocycles. The van der Waals surface area contributed by atoms with E-state index in [2.05, 4.69) is 15.4 Å². The van der Waals surface area contributed by atoms with E-state index in [9.17, 15) is 9.60 Å². The zero-order valence-electron chi connectivity index (χ0n) is 13.6. The maximum Gasteiger partial charge on any atom is 0.177 e. The summed E-state index contributed by atoms with van der Waals surface area (Å²) in [4.78, 5) is 2.54. The third-order valence-corrected chi connectivity index (χ3v) is 6.18. The molecule has 0 unspecified atom stereocenters. The van der Waals surface area contributed by atoms with Gasteiger partial charge in [0.2, 0.25) is 0 Å². The summed E-state index contributed by atoms with van der Waals surface area (Å²) in [5, 5.41) is 16.4. The average molecular weight is 354 g/mol. The SMILES string of the molecule is COc1c(Cl)ccc(/C(=N\O)N[C@@H]2C3CCN(CC3)C23CC3)c1F. The lowest BCUT2D eigenvalue weighted by Crippen LogP contribution is -2.65. The van der Waals surface area contributed by atoms with E-state index in [-0.39, 0.29) is 33.8 Å². The smallest absolute Gasteiger partial charge is 0.177 e. The summed E-state index contributed by atoms with van der Waals surface area (Å²) in [5.41, 5.74) is 0.329. The summed E-state index contributed by atoms with van der Waals surface area (Å²) in [6.45, 7) is 2.27. The van der Waals surface area contributed by atoms with Crippen molar-refractivity contribution in [1.29, 1.82) is 0 Å². The second-order valence-corrected chi connectivity index (χ2v) is 7.35. The van der Waals surface area contributed by atoms with Gasteiger partial charge in [-0.05, 0) is 56.8 Å². The fourth-order valence-electron chi connectivity index (χ4n) is 4.53. The van der Waals surface area contributed by atoms with Crippen LogP contribution in [0.5, 0.6) is 5.75 Å². The largest absolute Gasteiger partial charge is 0.492 e. The van der Waals surface area contributed by atoms with Crippen molar-refractivity contribution in [2.75, 3.05) is 20.2 Å². The fraction of sp³-hybridized carbons (Fsp3) is 0.588. The first-order valence-electron chi connectivity index (χ1n) is 8.36. The van der Waals surface area contributed by atoms with Gasteiger partial charge in [0.25, 0.3) is 0 Å². The number of oxime groups is 1. The van der Waals surface area contributed by atoms with Gasteiger partial charge in [-0.1, -0.05) is 16.8 Å². The number of piperidine rings is 3. The Balaban J connectivity index is 1.64. The summed E-state index contributed by atoms with van der Waals surface area (Å²) in [7, 11) is 1.36. The minimum atomic E-state index is -0.614. The number of hydrogen-bond acceptors (Lipinski definition) is 4. The Bertz CT molecular complexity index is 685. The van der Waals surface area contributed by atoms with Crippen LogP contribution >= 0.6 is 11.6 Å². The molecule has 130 valence electrons. The minimum Gasteiger partial charge on any atom is -0.492 e. The topological polar surface area (TPSA) is 57.1 Å². The van der Waals surface area contributed by atoms with Gasteiger partial charge in [-0.15, -0.1) is 0 Å². The van der Waals surface area contributed by atoms with Gasteiger partial charge in [-0.3, -0.25) is 4.90 Å². The predicted molar refractivity (Wildman–Crippen MR) is 89.5 cm³/mol. The molecule has 1 spiro atoms. The second kappa shape index (κ2) is 5.77. The number of halogens is 2. The number of ether oxygens (including phenoxy) is 1. The Labute approximate surface area is 145 Å². The first kappa shape index (κ1) is 16.0. The van der Waals surface area contributed by atoms with Gasteiger partial charge < -0.3 is 15.3 Å². The standard InChI is InChI=1S/C17H21ClFN3O2/c1-24-14-12(18)3-2-11(13(14)19)16(21-23)20-15-10-4-8-22(9-5-10)17(15)6-7-17/h2-3,10,15,23H,4-9H2,1H3,(H,20,21)/t15-/m1/s1. The van der Waals surface area contributed by atoms with Crippen LogP contribution in [0, 0.1) is 11.7 Å². The van der Waals surface area contributed by atoms with Gasteiger partial charge in [0, 0.05) is 11.6 Å². The van der Waals surface area contributed by atoms with E-state index in [1.807, 2.05) is 0 Å². The quantitative estimate of drug-likeness (QED) is 0.380. The molecule has 1 aromatic carbocycles. The van der Waals surface area contributed by atoms with Crippen LogP contribution < -0.4 is 10.1 Å². The summed E-state index contributed by atoms with van der Waals surface area (Å²) in [5.74, 6) is 0.0302. The number of fused-ring (bicyclic) bond motifs is 2. The molecule has 2 bridgehead atoms. The van der Waals surface area contributed by atoms with Crippen molar-refractivity contribution in [1.82, 2.24) is 10.2 Å². The maximum atomic E-state index is 14.7. The van der Waals surface area contributed by atoms with Crippen LogP contribution in [0.25, 0.3) is 0 Å². The zero-order valence-corrected chi connectivity index (χ0v) is 14.3. The van der Waals surface area contributed by atoms with Gasteiger partial charge in [0.15, 0.2) is 17.4 Å². The van der Waals surface area contributed by atoms with E-state index >= 15 is 0 Å². The number of methoxy groups -OCH3 is 1. The first-order chi connectivity index (χ1) is 11.6. The van der Waals surface area contributed by atoms with E-state index in [0.29, 0.717) is 5.92 Å². The number of nitrogens with zero attached hydrogens (tertiary/aromatic N) is 2. The number of rotatable bonds is 3. The van der Waals surface area contributed by atoms with E-state index in [1.165, 1.54) is 13.2 Å². The minimum absolute atomic E-state index is 0.0350. The van der Waals surface area contributed by atoms with Crippen molar-refractivity contribution in [3.63, 3.8) is 0 Å². The monoisotopic (exact) mass is 353 g/mol. The molecule has 0 amide bonds. The molecule has 2 N–H and O–H groups in total. The number of benzene rings is 1. The van der Waals surface area contributed by atoms with Crippen molar-refractivity contribution < 1.29 is 14.3 Å². The normalized spacial score (nSPS) is 30.5. The average Bonchev–Trinajstić information content (AvgIpc) is 3.38. The molecule has 4 fully saturated rings. The highest BCUT2D eigenvalue weighted by Gasteiger charge is 2.60. The van der Waals surface area contributed by atoms with E-state index in [0.717, 1.165) is 38.8 Å². The highest BCUT2D eigenvalue weighted by molar-refractivity contribution is 6.32. The molecular formula is C17H21ClFN3O2. The van der Waals surface area contributed by atoms with Crippen LogP contribution in [0.4, 0.5) is 4.39 Å². The fourth-order valence-corrected chi connectivity index (χ4v) is 4.75.